The first-order valence-electron chi connectivity index (χ1n) is 8.40. The standard InChI is InChI=1S/C10H17NO.C7H11NO/c12-10-7-4-8-11(10)9-5-2-1-3-6-9;1-2-5-8-6-3-4-7(8)9/h9H,1-8H2;2H,1,3-6H2. The zero-order valence-electron chi connectivity index (χ0n) is 13.1. The molecule has 2 amide bonds. The molecule has 2 heterocycles. The van der Waals surface area contributed by atoms with Crippen LogP contribution in [0.5, 0.6) is 0 Å². The molecule has 4 heteroatoms. The lowest BCUT2D eigenvalue weighted by Gasteiger charge is -2.30. The van der Waals surface area contributed by atoms with Gasteiger partial charge in [-0.05, 0) is 25.7 Å². The first-order chi connectivity index (χ1) is 10.2. The molecule has 0 aromatic rings. The SMILES string of the molecule is C=CCN1CCCC1=O.O=C1CCCN1C1CCCCC1. The van der Waals surface area contributed by atoms with Crippen molar-refractivity contribution in [1.82, 2.24) is 9.80 Å². The van der Waals surface area contributed by atoms with E-state index in [1.807, 2.05) is 4.90 Å². The number of likely N-dealkylation sites (tertiary alicyclic amines) is 2. The van der Waals surface area contributed by atoms with Gasteiger partial charge in [0, 0.05) is 38.5 Å². The summed E-state index contributed by atoms with van der Waals surface area (Å²) >= 11 is 0. The number of hydrogen-bond donors (Lipinski definition) is 0. The fourth-order valence-corrected chi connectivity index (χ4v) is 3.50. The summed E-state index contributed by atoms with van der Waals surface area (Å²) in [5.41, 5.74) is 0. The van der Waals surface area contributed by atoms with E-state index < -0.39 is 0 Å². The van der Waals surface area contributed by atoms with Gasteiger partial charge in [-0.1, -0.05) is 25.3 Å². The van der Waals surface area contributed by atoms with Crippen molar-refractivity contribution < 1.29 is 9.59 Å². The quantitative estimate of drug-likeness (QED) is 0.750. The van der Waals surface area contributed by atoms with E-state index in [-0.39, 0.29) is 5.91 Å². The molecular formula is C17H28N2O2. The van der Waals surface area contributed by atoms with Gasteiger partial charge in [-0.15, -0.1) is 6.58 Å². The molecule has 0 radical (unpaired) electrons. The summed E-state index contributed by atoms with van der Waals surface area (Å²) in [6, 6.07) is 0.605. The fraction of sp³-hybridized carbons (Fsp3) is 0.765. The van der Waals surface area contributed by atoms with Crippen molar-refractivity contribution >= 4 is 11.8 Å². The highest BCUT2D eigenvalue weighted by Crippen LogP contribution is 2.25. The summed E-state index contributed by atoms with van der Waals surface area (Å²) in [6.07, 6.45) is 12.0. The average molecular weight is 292 g/mol. The van der Waals surface area contributed by atoms with E-state index in [0.717, 1.165) is 45.3 Å². The Morgan fingerprint density at radius 2 is 1.62 bits per heavy atom. The smallest absolute Gasteiger partial charge is 0.222 e. The second-order valence-electron chi connectivity index (χ2n) is 6.21. The summed E-state index contributed by atoms with van der Waals surface area (Å²) < 4.78 is 0. The molecule has 3 aliphatic rings. The van der Waals surface area contributed by atoms with Crippen molar-refractivity contribution in [2.45, 2.75) is 63.8 Å². The normalized spacial score (nSPS) is 23.2. The summed E-state index contributed by atoms with van der Waals surface area (Å²) in [4.78, 5) is 26.2. The van der Waals surface area contributed by atoms with Crippen molar-refractivity contribution in [1.29, 1.82) is 0 Å². The van der Waals surface area contributed by atoms with Gasteiger partial charge in [0.05, 0.1) is 0 Å². The first kappa shape index (κ1) is 16.1. The number of carbonyl (C=O) groups excluding carboxylic acids is 2. The Balaban J connectivity index is 0.000000161. The topological polar surface area (TPSA) is 40.6 Å². The monoisotopic (exact) mass is 292 g/mol. The molecule has 2 saturated heterocycles. The lowest BCUT2D eigenvalue weighted by atomic mass is 9.94. The highest BCUT2D eigenvalue weighted by Gasteiger charge is 2.28. The van der Waals surface area contributed by atoms with Gasteiger partial charge in [0.25, 0.3) is 0 Å². The van der Waals surface area contributed by atoms with Crippen molar-refractivity contribution in [2.75, 3.05) is 19.6 Å². The maximum atomic E-state index is 11.4. The third-order valence-corrected chi connectivity index (χ3v) is 4.65. The number of amides is 2. The van der Waals surface area contributed by atoms with Crippen molar-refractivity contribution in [3.63, 3.8) is 0 Å². The van der Waals surface area contributed by atoms with Crippen LogP contribution < -0.4 is 0 Å². The van der Waals surface area contributed by atoms with Crippen LogP contribution in [0.2, 0.25) is 0 Å². The van der Waals surface area contributed by atoms with E-state index in [2.05, 4.69) is 11.5 Å². The minimum absolute atomic E-state index is 0.273. The van der Waals surface area contributed by atoms with Gasteiger partial charge in [-0.2, -0.15) is 0 Å². The Kier molecular flexibility index (Phi) is 6.27. The molecule has 0 unspecified atom stereocenters. The van der Waals surface area contributed by atoms with Crippen LogP contribution in [0.1, 0.15) is 57.8 Å². The number of nitrogens with zero attached hydrogens (tertiary/aromatic N) is 2. The Hall–Kier alpha value is -1.32. The Morgan fingerprint density at radius 1 is 0.952 bits per heavy atom. The molecule has 3 rings (SSSR count). The Bertz CT molecular complexity index is 375. The van der Waals surface area contributed by atoms with Gasteiger partial charge in [0.2, 0.25) is 11.8 Å². The van der Waals surface area contributed by atoms with Crippen LogP contribution in [0.3, 0.4) is 0 Å². The predicted molar refractivity (Wildman–Crippen MR) is 83.8 cm³/mol. The summed E-state index contributed by atoms with van der Waals surface area (Å²) in [5.74, 6) is 0.678. The molecule has 1 saturated carbocycles. The molecule has 2 aliphatic heterocycles. The largest absolute Gasteiger partial charge is 0.340 e. The maximum Gasteiger partial charge on any atom is 0.222 e. The van der Waals surface area contributed by atoms with Gasteiger partial charge < -0.3 is 9.80 Å². The van der Waals surface area contributed by atoms with E-state index in [1.165, 1.54) is 32.1 Å². The predicted octanol–water partition coefficient (Wildman–Crippen LogP) is 2.74. The van der Waals surface area contributed by atoms with Gasteiger partial charge >= 0.3 is 0 Å². The third-order valence-electron chi connectivity index (χ3n) is 4.65. The minimum Gasteiger partial charge on any atom is -0.340 e. The molecule has 0 aromatic carbocycles. The van der Waals surface area contributed by atoms with E-state index in [4.69, 9.17) is 0 Å². The fourth-order valence-electron chi connectivity index (χ4n) is 3.50. The van der Waals surface area contributed by atoms with Gasteiger partial charge in [-0.25, -0.2) is 0 Å². The van der Waals surface area contributed by atoms with Crippen LogP contribution in [0.15, 0.2) is 12.7 Å². The molecular weight excluding hydrogens is 264 g/mol. The zero-order chi connectivity index (χ0) is 15.1. The molecule has 0 spiro atoms. The van der Waals surface area contributed by atoms with Gasteiger partial charge in [0.1, 0.15) is 0 Å². The van der Waals surface area contributed by atoms with E-state index in [1.54, 1.807) is 6.08 Å². The summed E-state index contributed by atoms with van der Waals surface area (Å²) in [6.45, 7) is 6.24. The van der Waals surface area contributed by atoms with Crippen LogP contribution in [0.4, 0.5) is 0 Å². The highest BCUT2D eigenvalue weighted by atomic mass is 16.2. The zero-order valence-corrected chi connectivity index (χ0v) is 13.1. The minimum atomic E-state index is 0.273. The van der Waals surface area contributed by atoms with Crippen molar-refractivity contribution in [3.05, 3.63) is 12.7 Å². The summed E-state index contributed by atoms with van der Waals surface area (Å²) in [5, 5.41) is 0. The van der Waals surface area contributed by atoms with E-state index >= 15 is 0 Å². The number of rotatable bonds is 3. The average Bonchev–Trinajstić information content (AvgIpc) is 3.10. The molecule has 0 aromatic heterocycles. The van der Waals surface area contributed by atoms with Crippen LogP contribution in [-0.2, 0) is 9.59 Å². The highest BCUT2D eigenvalue weighted by molar-refractivity contribution is 5.78. The number of carbonyl (C=O) groups is 2. The van der Waals surface area contributed by atoms with E-state index in [0.29, 0.717) is 11.9 Å². The second kappa shape index (κ2) is 8.20. The van der Waals surface area contributed by atoms with Gasteiger partial charge in [0.15, 0.2) is 0 Å². The molecule has 21 heavy (non-hydrogen) atoms. The second-order valence-corrected chi connectivity index (χ2v) is 6.21. The maximum absolute atomic E-state index is 11.4. The number of hydrogen-bond acceptors (Lipinski definition) is 2. The van der Waals surface area contributed by atoms with Crippen LogP contribution >= 0.6 is 0 Å². The molecule has 0 atom stereocenters. The van der Waals surface area contributed by atoms with Crippen LogP contribution in [0, 0.1) is 0 Å². The molecule has 1 aliphatic carbocycles. The first-order valence-corrected chi connectivity index (χ1v) is 8.40. The lowest BCUT2D eigenvalue weighted by Crippen LogP contribution is -2.37. The Morgan fingerprint density at radius 3 is 2.14 bits per heavy atom. The summed E-state index contributed by atoms with van der Waals surface area (Å²) in [7, 11) is 0. The molecule has 4 nitrogen and oxygen atoms in total. The lowest BCUT2D eigenvalue weighted by molar-refractivity contribution is -0.130. The Labute approximate surface area is 128 Å². The van der Waals surface area contributed by atoms with Gasteiger partial charge in [-0.3, -0.25) is 9.59 Å². The van der Waals surface area contributed by atoms with Crippen LogP contribution in [-0.4, -0.2) is 47.3 Å². The molecule has 0 bridgehead atoms. The molecule has 3 fully saturated rings. The van der Waals surface area contributed by atoms with Crippen molar-refractivity contribution in [2.24, 2.45) is 0 Å². The van der Waals surface area contributed by atoms with E-state index in [9.17, 15) is 9.59 Å². The molecule has 118 valence electrons. The third kappa shape index (κ3) is 4.58. The van der Waals surface area contributed by atoms with Crippen molar-refractivity contribution in [3.8, 4) is 0 Å². The van der Waals surface area contributed by atoms with Crippen LogP contribution in [0.25, 0.3) is 0 Å². The molecule has 0 N–H and O–H groups in total.